The lowest BCUT2D eigenvalue weighted by atomic mass is 9.77. The summed E-state index contributed by atoms with van der Waals surface area (Å²) in [5, 5.41) is 10.8. The van der Waals surface area contributed by atoms with E-state index in [-0.39, 0.29) is 24.2 Å². The van der Waals surface area contributed by atoms with Gasteiger partial charge in [0.2, 0.25) is 0 Å². The van der Waals surface area contributed by atoms with Crippen LogP contribution in [0, 0.1) is 0 Å². The van der Waals surface area contributed by atoms with Crippen LogP contribution in [0.3, 0.4) is 0 Å². The quantitative estimate of drug-likeness (QED) is 0.910. The molecule has 3 rings (SSSR count). The fourth-order valence-corrected chi connectivity index (χ4v) is 3.16. The Labute approximate surface area is 125 Å². The predicted molar refractivity (Wildman–Crippen MR) is 70.1 cm³/mol. The third-order valence-electron chi connectivity index (χ3n) is 4.27. The van der Waals surface area contributed by atoms with Crippen LogP contribution >= 0.6 is 0 Å². The Bertz CT molecular complexity index is 528. The van der Waals surface area contributed by atoms with Crippen molar-refractivity contribution in [3.8, 4) is 5.75 Å². The van der Waals surface area contributed by atoms with Crippen LogP contribution in [-0.4, -0.2) is 30.5 Å². The van der Waals surface area contributed by atoms with E-state index in [1.165, 1.54) is 18.2 Å². The van der Waals surface area contributed by atoms with Gasteiger partial charge in [-0.25, -0.2) is 0 Å². The van der Waals surface area contributed by atoms with Crippen molar-refractivity contribution in [3.63, 3.8) is 0 Å². The SMILES string of the molecule is OC1(c2ccccc2OC(F)(F)F)CCC2(CC1)OCCO2. The van der Waals surface area contributed by atoms with E-state index in [0.717, 1.165) is 0 Å². The number of hydrogen-bond donors (Lipinski definition) is 1. The number of rotatable bonds is 2. The van der Waals surface area contributed by atoms with Gasteiger partial charge in [0.05, 0.1) is 18.8 Å². The van der Waals surface area contributed by atoms with Crippen LogP contribution in [0.4, 0.5) is 13.2 Å². The zero-order valence-corrected chi connectivity index (χ0v) is 11.9. The Morgan fingerprint density at radius 2 is 1.59 bits per heavy atom. The van der Waals surface area contributed by atoms with Gasteiger partial charge in [-0.15, -0.1) is 13.2 Å². The van der Waals surface area contributed by atoms with Crippen LogP contribution in [0.15, 0.2) is 24.3 Å². The number of para-hydroxylation sites is 1. The van der Waals surface area contributed by atoms with Gasteiger partial charge in [0.25, 0.3) is 0 Å². The molecule has 0 aromatic heterocycles. The minimum Gasteiger partial charge on any atom is -0.405 e. The molecule has 0 bridgehead atoms. The maximum atomic E-state index is 12.5. The molecule has 0 unspecified atom stereocenters. The van der Waals surface area contributed by atoms with E-state index in [2.05, 4.69) is 4.74 Å². The lowest BCUT2D eigenvalue weighted by Gasteiger charge is -2.41. The van der Waals surface area contributed by atoms with Gasteiger partial charge in [0.1, 0.15) is 5.75 Å². The molecule has 1 aliphatic carbocycles. The van der Waals surface area contributed by atoms with Crippen molar-refractivity contribution in [2.24, 2.45) is 0 Å². The molecule has 1 spiro atoms. The van der Waals surface area contributed by atoms with Crippen molar-refractivity contribution in [2.75, 3.05) is 13.2 Å². The Morgan fingerprint density at radius 1 is 1.00 bits per heavy atom. The first-order chi connectivity index (χ1) is 10.3. The zero-order chi connectivity index (χ0) is 15.8. The van der Waals surface area contributed by atoms with Gasteiger partial charge in [-0.1, -0.05) is 18.2 Å². The lowest BCUT2D eigenvalue weighted by Crippen LogP contribution is -2.42. The van der Waals surface area contributed by atoms with Gasteiger partial charge in [0.15, 0.2) is 5.79 Å². The summed E-state index contributed by atoms with van der Waals surface area (Å²) in [5.74, 6) is -1.05. The molecule has 1 N–H and O–H groups in total. The fourth-order valence-electron chi connectivity index (χ4n) is 3.16. The summed E-state index contributed by atoms with van der Waals surface area (Å²) in [6, 6.07) is 5.72. The maximum absolute atomic E-state index is 12.5. The average Bonchev–Trinajstić information content (AvgIpc) is 2.90. The van der Waals surface area contributed by atoms with Crippen LogP contribution in [-0.2, 0) is 15.1 Å². The standard InChI is InChI=1S/C15H17F3O4/c16-15(17,18)22-12-4-2-1-3-11(12)13(19)5-7-14(8-6-13)20-9-10-21-14/h1-4,19H,5-10H2. The van der Waals surface area contributed by atoms with Crippen molar-refractivity contribution in [1.82, 2.24) is 0 Å². The molecule has 7 heteroatoms. The van der Waals surface area contributed by atoms with E-state index < -0.39 is 17.8 Å². The third-order valence-corrected chi connectivity index (χ3v) is 4.27. The maximum Gasteiger partial charge on any atom is 0.573 e. The van der Waals surface area contributed by atoms with Gasteiger partial charge >= 0.3 is 6.36 Å². The number of ether oxygens (including phenoxy) is 3. The molecule has 1 aromatic rings. The number of alkyl halides is 3. The molecule has 1 aliphatic heterocycles. The molecule has 2 fully saturated rings. The summed E-state index contributed by atoms with van der Waals surface area (Å²) in [4.78, 5) is 0. The molecular formula is C15H17F3O4. The highest BCUT2D eigenvalue weighted by Gasteiger charge is 2.47. The van der Waals surface area contributed by atoms with Crippen molar-refractivity contribution >= 4 is 0 Å². The second kappa shape index (κ2) is 5.40. The van der Waals surface area contributed by atoms with E-state index in [4.69, 9.17) is 9.47 Å². The Hall–Kier alpha value is -1.31. The molecule has 1 heterocycles. The summed E-state index contributed by atoms with van der Waals surface area (Å²) in [5.41, 5.74) is -1.22. The van der Waals surface area contributed by atoms with Gasteiger partial charge in [-0.2, -0.15) is 0 Å². The molecule has 2 aliphatic rings. The summed E-state index contributed by atoms with van der Waals surface area (Å²) < 4.78 is 52.7. The van der Waals surface area contributed by atoms with E-state index in [1.54, 1.807) is 6.07 Å². The molecule has 1 saturated carbocycles. The molecular weight excluding hydrogens is 301 g/mol. The monoisotopic (exact) mass is 318 g/mol. The van der Waals surface area contributed by atoms with Crippen molar-refractivity contribution in [2.45, 2.75) is 43.4 Å². The molecule has 1 aromatic carbocycles. The van der Waals surface area contributed by atoms with Crippen LogP contribution < -0.4 is 4.74 Å². The normalized spacial score (nSPS) is 23.6. The third kappa shape index (κ3) is 3.06. The Kier molecular flexibility index (Phi) is 3.82. The number of hydrogen-bond acceptors (Lipinski definition) is 4. The molecule has 0 radical (unpaired) electrons. The number of aliphatic hydroxyl groups is 1. The van der Waals surface area contributed by atoms with Crippen LogP contribution in [0.2, 0.25) is 0 Å². The molecule has 122 valence electrons. The second-order valence-corrected chi connectivity index (χ2v) is 5.68. The summed E-state index contributed by atoms with van der Waals surface area (Å²) in [7, 11) is 0. The summed E-state index contributed by atoms with van der Waals surface area (Å²) in [6.45, 7) is 1.01. The minimum atomic E-state index is -4.79. The fraction of sp³-hybridized carbons (Fsp3) is 0.600. The van der Waals surface area contributed by atoms with Gasteiger partial charge < -0.3 is 19.3 Å². The van der Waals surface area contributed by atoms with Crippen molar-refractivity contribution in [3.05, 3.63) is 29.8 Å². The molecule has 22 heavy (non-hydrogen) atoms. The number of benzene rings is 1. The van der Waals surface area contributed by atoms with Crippen molar-refractivity contribution < 1.29 is 32.5 Å². The average molecular weight is 318 g/mol. The predicted octanol–water partition coefficient (Wildman–Crippen LogP) is 3.09. The van der Waals surface area contributed by atoms with E-state index >= 15 is 0 Å². The first kappa shape index (κ1) is 15.6. The van der Waals surface area contributed by atoms with Gasteiger partial charge in [0, 0.05) is 18.4 Å². The zero-order valence-electron chi connectivity index (χ0n) is 11.9. The second-order valence-electron chi connectivity index (χ2n) is 5.68. The minimum absolute atomic E-state index is 0.153. The van der Waals surface area contributed by atoms with Gasteiger partial charge in [-0.3, -0.25) is 0 Å². The molecule has 1 saturated heterocycles. The molecule has 4 nitrogen and oxygen atoms in total. The van der Waals surface area contributed by atoms with Crippen LogP contribution in [0.25, 0.3) is 0 Å². The van der Waals surface area contributed by atoms with Gasteiger partial charge in [-0.05, 0) is 18.9 Å². The highest BCUT2D eigenvalue weighted by atomic mass is 19.4. The van der Waals surface area contributed by atoms with E-state index in [9.17, 15) is 18.3 Å². The highest BCUT2D eigenvalue weighted by molar-refractivity contribution is 5.38. The highest BCUT2D eigenvalue weighted by Crippen LogP contribution is 2.47. The molecule has 0 atom stereocenters. The topological polar surface area (TPSA) is 47.9 Å². The summed E-state index contributed by atoms with van der Waals surface area (Å²) in [6.07, 6.45) is -3.41. The smallest absolute Gasteiger partial charge is 0.405 e. The van der Waals surface area contributed by atoms with Crippen LogP contribution in [0.5, 0.6) is 5.75 Å². The largest absolute Gasteiger partial charge is 0.573 e. The first-order valence-electron chi connectivity index (χ1n) is 7.18. The Morgan fingerprint density at radius 3 is 2.18 bits per heavy atom. The lowest BCUT2D eigenvalue weighted by molar-refractivity contribution is -0.275. The molecule has 0 amide bonds. The van der Waals surface area contributed by atoms with E-state index in [1.807, 2.05) is 0 Å². The Balaban J connectivity index is 1.82. The van der Waals surface area contributed by atoms with Crippen molar-refractivity contribution in [1.29, 1.82) is 0 Å². The van der Waals surface area contributed by atoms with Crippen LogP contribution in [0.1, 0.15) is 31.2 Å². The first-order valence-corrected chi connectivity index (χ1v) is 7.18. The van der Waals surface area contributed by atoms with E-state index in [0.29, 0.717) is 26.1 Å². The summed E-state index contributed by atoms with van der Waals surface area (Å²) >= 11 is 0. The number of halogens is 3.